The first-order valence-corrected chi connectivity index (χ1v) is 6.96. The summed E-state index contributed by atoms with van der Waals surface area (Å²) in [6, 6.07) is 12.1. The van der Waals surface area contributed by atoms with Crippen LogP contribution in [-0.2, 0) is 9.59 Å². The van der Waals surface area contributed by atoms with Crippen LogP contribution in [0.4, 0.5) is 11.4 Å². The number of carbonyl (C=O) groups is 2. The number of hydrogen-bond acceptors (Lipinski definition) is 5. The van der Waals surface area contributed by atoms with Crippen LogP contribution < -0.4 is 10.1 Å². The van der Waals surface area contributed by atoms with Crippen molar-refractivity contribution in [1.29, 1.82) is 0 Å². The number of anilines is 1. The molecule has 0 saturated carbocycles. The Morgan fingerprint density at radius 2 is 1.71 bits per heavy atom. The highest BCUT2D eigenvalue weighted by Crippen LogP contribution is 2.16. The molecule has 7 heteroatoms. The zero-order valence-electron chi connectivity index (χ0n) is 12.8. The molecule has 122 valence electrons. The van der Waals surface area contributed by atoms with Gasteiger partial charge in [-0.1, -0.05) is 0 Å². The van der Waals surface area contributed by atoms with Gasteiger partial charge in [-0.2, -0.15) is 0 Å². The quantitative estimate of drug-likeness (QED) is 0.299. The minimum atomic E-state index is -0.583. The smallest absolute Gasteiger partial charge is 0.336 e. The van der Waals surface area contributed by atoms with Crippen molar-refractivity contribution in [2.75, 3.05) is 5.32 Å². The second-order valence-electron chi connectivity index (χ2n) is 4.81. The number of nitro groups is 1. The van der Waals surface area contributed by atoms with Crippen molar-refractivity contribution in [2.45, 2.75) is 6.92 Å². The minimum Gasteiger partial charge on any atom is -0.423 e. The van der Waals surface area contributed by atoms with Crippen molar-refractivity contribution in [3.05, 3.63) is 70.3 Å². The van der Waals surface area contributed by atoms with Crippen LogP contribution in [0.1, 0.15) is 12.5 Å². The molecule has 2 aromatic rings. The molecule has 2 aromatic carbocycles. The Hall–Kier alpha value is -3.48. The first-order chi connectivity index (χ1) is 11.4. The molecule has 2 rings (SSSR count). The van der Waals surface area contributed by atoms with E-state index in [1.54, 1.807) is 24.3 Å². The van der Waals surface area contributed by atoms with E-state index in [0.717, 1.165) is 0 Å². The number of amides is 1. The number of rotatable bonds is 5. The van der Waals surface area contributed by atoms with Crippen LogP contribution in [0, 0.1) is 10.1 Å². The monoisotopic (exact) mass is 326 g/mol. The van der Waals surface area contributed by atoms with Gasteiger partial charge in [0.15, 0.2) is 0 Å². The molecule has 7 nitrogen and oxygen atoms in total. The predicted octanol–water partition coefficient (Wildman–Crippen LogP) is 3.17. The van der Waals surface area contributed by atoms with E-state index in [-0.39, 0.29) is 11.6 Å². The number of nitrogens with one attached hydrogen (secondary N) is 1. The zero-order valence-corrected chi connectivity index (χ0v) is 12.8. The van der Waals surface area contributed by atoms with E-state index in [0.29, 0.717) is 17.0 Å². The lowest BCUT2D eigenvalue weighted by atomic mass is 10.2. The van der Waals surface area contributed by atoms with Gasteiger partial charge >= 0.3 is 5.97 Å². The molecule has 0 radical (unpaired) electrons. The molecule has 1 N–H and O–H groups in total. The van der Waals surface area contributed by atoms with Crippen molar-refractivity contribution in [2.24, 2.45) is 0 Å². The first-order valence-electron chi connectivity index (χ1n) is 6.96. The highest BCUT2D eigenvalue weighted by atomic mass is 16.6. The maximum absolute atomic E-state index is 11.7. The molecule has 0 unspecified atom stereocenters. The van der Waals surface area contributed by atoms with Gasteiger partial charge in [0.1, 0.15) is 5.75 Å². The van der Waals surface area contributed by atoms with E-state index in [1.165, 1.54) is 43.3 Å². The third-order valence-corrected chi connectivity index (χ3v) is 2.91. The third kappa shape index (κ3) is 5.06. The number of hydrogen-bond donors (Lipinski definition) is 1. The van der Waals surface area contributed by atoms with Gasteiger partial charge in [-0.15, -0.1) is 0 Å². The summed E-state index contributed by atoms with van der Waals surface area (Å²) in [5.41, 5.74) is 1.22. The molecular formula is C17H14N2O5. The fourth-order valence-corrected chi connectivity index (χ4v) is 1.83. The van der Waals surface area contributed by atoms with Crippen LogP contribution in [0.25, 0.3) is 6.08 Å². The summed E-state index contributed by atoms with van der Waals surface area (Å²) in [4.78, 5) is 32.7. The minimum absolute atomic E-state index is 0.0195. The van der Waals surface area contributed by atoms with Crippen molar-refractivity contribution in [3.8, 4) is 5.75 Å². The fourth-order valence-electron chi connectivity index (χ4n) is 1.83. The average Bonchev–Trinajstić information content (AvgIpc) is 2.54. The van der Waals surface area contributed by atoms with Gasteiger partial charge in [-0.3, -0.25) is 14.9 Å². The number of carbonyl (C=O) groups excluding carboxylic acids is 2. The van der Waals surface area contributed by atoms with Gasteiger partial charge in [-0.05, 0) is 48.0 Å². The Balaban J connectivity index is 1.94. The molecule has 0 aliphatic rings. The second kappa shape index (κ2) is 7.68. The molecular weight excluding hydrogens is 312 g/mol. The SMILES string of the molecule is CC(=O)Nc1ccc(OC(=O)C=Cc2ccc([N+](=O)[O-])cc2)cc1. The largest absolute Gasteiger partial charge is 0.423 e. The Morgan fingerprint density at radius 1 is 1.08 bits per heavy atom. The molecule has 0 saturated heterocycles. The number of non-ortho nitro benzene ring substituents is 1. The van der Waals surface area contributed by atoms with Crippen LogP contribution in [0.15, 0.2) is 54.6 Å². The summed E-state index contributed by atoms with van der Waals surface area (Å²) in [5.74, 6) is -0.436. The molecule has 0 heterocycles. The van der Waals surface area contributed by atoms with Gasteiger partial charge in [0.25, 0.3) is 5.69 Å². The van der Waals surface area contributed by atoms with Crippen LogP contribution in [0.3, 0.4) is 0 Å². The first kappa shape index (κ1) is 16.9. The Labute approximate surface area is 137 Å². The van der Waals surface area contributed by atoms with Gasteiger partial charge in [0.05, 0.1) is 4.92 Å². The molecule has 0 bridgehead atoms. The molecule has 24 heavy (non-hydrogen) atoms. The third-order valence-electron chi connectivity index (χ3n) is 2.91. The summed E-state index contributed by atoms with van der Waals surface area (Å²) in [5, 5.41) is 13.2. The van der Waals surface area contributed by atoms with E-state index < -0.39 is 10.9 Å². The number of benzene rings is 2. The van der Waals surface area contributed by atoms with E-state index in [9.17, 15) is 19.7 Å². The van der Waals surface area contributed by atoms with Crippen LogP contribution in [0.2, 0.25) is 0 Å². The molecule has 0 aliphatic heterocycles. The summed E-state index contributed by atoms with van der Waals surface area (Å²) in [6.07, 6.45) is 2.72. The van der Waals surface area contributed by atoms with Gasteiger partial charge in [0.2, 0.25) is 5.91 Å². The molecule has 0 spiro atoms. The highest BCUT2D eigenvalue weighted by Gasteiger charge is 2.04. The number of nitrogens with zero attached hydrogens (tertiary/aromatic N) is 1. The van der Waals surface area contributed by atoms with Gasteiger partial charge < -0.3 is 10.1 Å². The molecule has 0 fully saturated rings. The Bertz CT molecular complexity index is 780. The number of ether oxygens (including phenoxy) is 1. The topological polar surface area (TPSA) is 98.5 Å². The molecule has 0 aliphatic carbocycles. The molecule has 0 aromatic heterocycles. The normalized spacial score (nSPS) is 10.4. The maximum atomic E-state index is 11.7. The average molecular weight is 326 g/mol. The number of nitro benzene ring substituents is 1. The predicted molar refractivity (Wildman–Crippen MR) is 88.5 cm³/mol. The molecule has 0 atom stereocenters. The lowest BCUT2D eigenvalue weighted by Crippen LogP contribution is -2.06. The van der Waals surface area contributed by atoms with Crippen molar-refractivity contribution in [1.82, 2.24) is 0 Å². The van der Waals surface area contributed by atoms with E-state index >= 15 is 0 Å². The Kier molecular flexibility index (Phi) is 5.40. The summed E-state index contributed by atoms with van der Waals surface area (Å²) in [7, 11) is 0. The molecule has 1 amide bonds. The van der Waals surface area contributed by atoms with Crippen LogP contribution >= 0.6 is 0 Å². The summed E-state index contributed by atoms with van der Waals surface area (Å²) >= 11 is 0. The Morgan fingerprint density at radius 3 is 2.25 bits per heavy atom. The van der Waals surface area contributed by atoms with Gasteiger partial charge in [0, 0.05) is 30.8 Å². The van der Waals surface area contributed by atoms with E-state index in [1.807, 2.05) is 0 Å². The standard InChI is InChI=1S/C17H14N2O5/c1-12(20)18-14-5-9-16(10-6-14)24-17(21)11-4-13-2-7-15(8-3-13)19(22)23/h2-11H,1H3,(H,18,20). The summed E-state index contributed by atoms with van der Waals surface area (Å²) in [6.45, 7) is 1.40. The zero-order chi connectivity index (χ0) is 17.5. The van der Waals surface area contributed by atoms with Crippen molar-refractivity contribution >= 4 is 29.3 Å². The van der Waals surface area contributed by atoms with Crippen molar-refractivity contribution < 1.29 is 19.2 Å². The lowest BCUT2D eigenvalue weighted by molar-refractivity contribution is -0.384. The maximum Gasteiger partial charge on any atom is 0.336 e. The van der Waals surface area contributed by atoms with Crippen molar-refractivity contribution in [3.63, 3.8) is 0 Å². The van der Waals surface area contributed by atoms with Crippen LogP contribution in [-0.4, -0.2) is 16.8 Å². The fraction of sp³-hybridized carbons (Fsp3) is 0.0588. The second-order valence-corrected chi connectivity index (χ2v) is 4.81. The van der Waals surface area contributed by atoms with E-state index in [4.69, 9.17) is 4.74 Å². The lowest BCUT2D eigenvalue weighted by Gasteiger charge is -2.04. The number of esters is 1. The highest BCUT2D eigenvalue weighted by molar-refractivity contribution is 5.90. The van der Waals surface area contributed by atoms with Gasteiger partial charge in [-0.25, -0.2) is 4.79 Å². The summed E-state index contributed by atoms with van der Waals surface area (Å²) < 4.78 is 5.11. The van der Waals surface area contributed by atoms with E-state index in [2.05, 4.69) is 5.32 Å². The van der Waals surface area contributed by atoms with Crippen LogP contribution in [0.5, 0.6) is 5.75 Å².